The first kappa shape index (κ1) is 14.0. The average Bonchev–Trinajstić information content (AvgIpc) is 2.32. The fourth-order valence-corrected chi connectivity index (χ4v) is 2.16. The molecular formula is C12H16BrNO3. The minimum Gasteiger partial charge on any atom is -0.496 e. The normalized spacial score (nSPS) is 10.2. The second kappa shape index (κ2) is 6.02. The van der Waals surface area contributed by atoms with Crippen molar-refractivity contribution >= 4 is 21.7 Å². The number of rotatable bonds is 5. The molecule has 0 bridgehead atoms. The third-order valence-electron chi connectivity index (χ3n) is 2.51. The molecule has 1 rings (SSSR count). The van der Waals surface area contributed by atoms with Crippen molar-refractivity contribution < 1.29 is 14.3 Å². The summed E-state index contributed by atoms with van der Waals surface area (Å²) in [5.41, 5.74) is 6.78. The average molecular weight is 302 g/mol. The topological polar surface area (TPSA) is 61.5 Å². The summed E-state index contributed by atoms with van der Waals surface area (Å²) in [7, 11) is 3.10. The Labute approximate surface area is 109 Å². The van der Waals surface area contributed by atoms with Crippen molar-refractivity contribution in [2.45, 2.75) is 13.3 Å². The number of halogens is 1. The Hall–Kier alpha value is -1.07. The van der Waals surface area contributed by atoms with E-state index in [2.05, 4.69) is 15.9 Å². The van der Waals surface area contributed by atoms with Crippen LogP contribution in [0.15, 0.2) is 10.5 Å². The zero-order valence-corrected chi connectivity index (χ0v) is 11.8. The molecule has 0 aliphatic heterocycles. The van der Waals surface area contributed by atoms with Crippen LogP contribution in [0, 0.1) is 6.92 Å². The predicted molar refractivity (Wildman–Crippen MR) is 70.0 cm³/mol. The second-order valence-electron chi connectivity index (χ2n) is 3.56. The minimum absolute atomic E-state index is 0.0525. The molecule has 4 nitrogen and oxygen atoms in total. The number of hydrogen-bond donors (Lipinski definition) is 1. The van der Waals surface area contributed by atoms with Gasteiger partial charge in [-0.2, -0.15) is 0 Å². The molecule has 0 saturated heterocycles. The number of hydrogen-bond acceptors (Lipinski definition) is 4. The highest BCUT2D eigenvalue weighted by molar-refractivity contribution is 9.10. The lowest BCUT2D eigenvalue weighted by Gasteiger charge is -2.14. The molecule has 94 valence electrons. The lowest BCUT2D eigenvalue weighted by atomic mass is 10.0. The van der Waals surface area contributed by atoms with Gasteiger partial charge in [0.15, 0.2) is 5.78 Å². The van der Waals surface area contributed by atoms with Crippen LogP contribution in [0.3, 0.4) is 0 Å². The summed E-state index contributed by atoms with van der Waals surface area (Å²) >= 11 is 3.41. The minimum atomic E-state index is -0.0525. The highest BCUT2D eigenvalue weighted by Crippen LogP contribution is 2.38. The molecule has 17 heavy (non-hydrogen) atoms. The van der Waals surface area contributed by atoms with Crippen molar-refractivity contribution in [3.8, 4) is 11.5 Å². The Morgan fingerprint density at radius 3 is 2.53 bits per heavy atom. The summed E-state index contributed by atoms with van der Waals surface area (Å²) in [5.74, 6) is 1.13. The first-order valence-electron chi connectivity index (χ1n) is 5.21. The molecule has 0 heterocycles. The van der Waals surface area contributed by atoms with Gasteiger partial charge in [-0.1, -0.05) is 0 Å². The SMILES string of the molecule is COc1cc(C(=O)CCN)c(OC)c(Br)c1C. The standard InChI is InChI=1S/C12H16BrNO3/c1-7-10(16-2)6-8(9(15)4-5-14)12(17-3)11(7)13/h6H,4-5,14H2,1-3H3. The van der Waals surface area contributed by atoms with Crippen LogP contribution in [-0.4, -0.2) is 26.5 Å². The van der Waals surface area contributed by atoms with Crippen LogP contribution in [0.5, 0.6) is 11.5 Å². The van der Waals surface area contributed by atoms with E-state index in [0.29, 0.717) is 23.6 Å². The molecule has 0 aliphatic carbocycles. The number of nitrogens with two attached hydrogens (primary N) is 1. The molecule has 0 amide bonds. The zero-order valence-electron chi connectivity index (χ0n) is 10.2. The third kappa shape index (κ3) is 2.79. The molecule has 0 unspecified atom stereocenters. The van der Waals surface area contributed by atoms with E-state index >= 15 is 0 Å². The van der Waals surface area contributed by atoms with Crippen LogP contribution >= 0.6 is 15.9 Å². The van der Waals surface area contributed by atoms with Gasteiger partial charge in [0.25, 0.3) is 0 Å². The lowest BCUT2D eigenvalue weighted by Crippen LogP contribution is -2.10. The summed E-state index contributed by atoms with van der Waals surface area (Å²) in [6, 6.07) is 1.69. The van der Waals surface area contributed by atoms with E-state index in [1.165, 1.54) is 7.11 Å². The van der Waals surface area contributed by atoms with Gasteiger partial charge in [0.1, 0.15) is 11.5 Å². The molecule has 5 heteroatoms. The van der Waals surface area contributed by atoms with E-state index in [4.69, 9.17) is 15.2 Å². The molecule has 2 N–H and O–H groups in total. The van der Waals surface area contributed by atoms with Crippen molar-refractivity contribution in [3.05, 3.63) is 21.7 Å². The maximum Gasteiger partial charge on any atom is 0.168 e. The third-order valence-corrected chi connectivity index (χ3v) is 3.47. The molecule has 1 aromatic rings. The first-order valence-corrected chi connectivity index (χ1v) is 6.00. The first-order chi connectivity index (χ1) is 8.06. The van der Waals surface area contributed by atoms with Gasteiger partial charge in [0.2, 0.25) is 0 Å². The molecule has 0 atom stereocenters. The number of carbonyl (C=O) groups excluding carboxylic acids is 1. The Kier molecular flexibility index (Phi) is 4.96. The van der Waals surface area contributed by atoms with Crippen molar-refractivity contribution in [2.24, 2.45) is 5.73 Å². The van der Waals surface area contributed by atoms with Crippen LogP contribution < -0.4 is 15.2 Å². The highest BCUT2D eigenvalue weighted by Gasteiger charge is 2.19. The highest BCUT2D eigenvalue weighted by atomic mass is 79.9. The Bertz CT molecular complexity index is 432. The van der Waals surface area contributed by atoms with E-state index in [9.17, 15) is 4.79 Å². The van der Waals surface area contributed by atoms with E-state index in [0.717, 1.165) is 10.0 Å². The molecule has 0 aromatic heterocycles. The van der Waals surface area contributed by atoms with Gasteiger partial charge in [-0.25, -0.2) is 0 Å². The van der Waals surface area contributed by atoms with Crippen molar-refractivity contribution in [1.29, 1.82) is 0 Å². The van der Waals surface area contributed by atoms with Crippen LogP contribution in [0.25, 0.3) is 0 Å². The van der Waals surface area contributed by atoms with E-state index in [-0.39, 0.29) is 12.2 Å². The van der Waals surface area contributed by atoms with Crippen molar-refractivity contribution in [3.63, 3.8) is 0 Å². The van der Waals surface area contributed by atoms with Gasteiger partial charge in [-0.05, 0) is 35.5 Å². The monoisotopic (exact) mass is 301 g/mol. The Morgan fingerprint density at radius 1 is 1.41 bits per heavy atom. The summed E-state index contributed by atoms with van der Waals surface area (Å²) in [6.45, 7) is 2.21. The number of benzene rings is 1. The Morgan fingerprint density at radius 2 is 2.06 bits per heavy atom. The van der Waals surface area contributed by atoms with E-state index in [1.807, 2.05) is 6.92 Å². The van der Waals surface area contributed by atoms with Crippen molar-refractivity contribution in [1.82, 2.24) is 0 Å². The van der Waals surface area contributed by atoms with Gasteiger partial charge in [0, 0.05) is 12.0 Å². The number of methoxy groups -OCH3 is 2. The number of carbonyl (C=O) groups is 1. The largest absolute Gasteiger partial charge is 0.496 e. The number of Topliss-reactive ketones (excluding diaryl/α,β-unsaturated/α-hetero) is 1. The smallest absolute Gasteiger partial charge is 0.168 e. The van der Waals surface area contributed by atoms with Crippen LogP contribution in [0.4, 0.5) is 0 Å². The molecule has 0 fully saturated rings. The summed E-state index contributed by atoms with van der Waals surface area (Å²) in [6.07, 6.45) is 0.287. The fraction of sp³-hybridized carbons (Fsp3) is 0.417. The second-order valence-corrected chi connectivity index (χ2v) is 4.35. The molecular weight excluding hydrogens is 286 g/mol. The Balaban J connectivity index is 3.37. The van der Waals surface area contributed by atoms with E-state index < -0.39 is 0 Å². The molecule has 0 saturated carbocycles. The maximum atomic E-state index is 11.9. The predicted octanol–water partition coefficient (Wildman–Crippen LogP) is 2.31. The summed E-state index contributed by atoms with van der Waals surface area (Å²) in [5, 5.41) is 0. The lowest BCUT2D eigenvalue weighted by molar-refractivity contribution is 0.0982. The zero-order chi connectivity index (χ0) is 13.0. The van der Waals surface area contributed by atoms with Crippen molar-refractivity contribution in [2.75, 3.05) is 20.8 Å². The molecule has 0 aliphatic rings. The number of ketones is 1. The summed E-state index contributed by atoms with van der Waals surface area (Å²) < 4.78 is 11.2. The van der Waals surface area contributed by atoms with Gasteiger partial charge < -0.3 is 15.2 Å². The van der Waals surface area contributed by atoms with Crippen LogP contribution in [-0.2, 0) is 0 Å². The van der Waals surface area contributed by atoms with Crippen LogP contribution in [0.2, 0.25) is 0 Å². The molecule has 1 aromatic carbocycles. The van der Waals surface area contributed by atoms with Crippen LogP contribution in [0.1, 0.15) is 22.3 Å². The maximum absolute atomic E-state index is 11.9. The van der Waals surface area contributed by atoms with E-state index in [1.54, 1.807) is 13.2 Å². The number of ether oxygens (including phenoxy) is 2. The van der Waals surface area contributed by atoms with Gasteiger partial charge in [-0.3, -0.25) is 4.79 Å². The quantitative estimate of drug-likeness (QED) is 0.848. The van der Waals surface area contributed by atoms with Gasteiger partial charge in [-0.15, -0.1) is 0 Å². The van der Waals surface area contributed by atoms with Gasteiger partial charge in [0.05, 0.1) is 24.3 Å². The summed E-state index contributed by atoms with van der Waals surface area (Å²) in [4.78, 5) is 11.9. The van der Waals surface area contributed by atoms with Gasteiger partial charge >= 0.3 is 0 Å². The fourth-order valence-electron chi connectivity index (χ4n) is 1.59. The molecule has 0 spiro atoms. The molecule has 0 radical (unpaired) electrons.